The van der Waals surface area contributed by atoms with Gasteiger partial charge < -0.3 is 0 Å². The number of hydrogen-bond acceptors (Lipinski definition) is 3. The Balaban J connectivity index is 1.93. The molecule has 0 saturated carbocycles. The standard InChI is InChI=1S/C13H16N2OS/c1-14-15-13(16)8-4-5-10-9-17-12-7-3-2-6-11(10)12/h2-3,6-7,9,14H,4-5,8H2,1H3,(H,15,16). The summed E-state index contributed by atoms with van der Waals surface area (Å²) >= 11 is 1.77. The third kappa shape index (κ3) is 3.05. The first kappa shape index (κ1) is 12.1. The van der Waals surface area contributed by atoms with Gasteiger partial charge in [-0.25, -0.2) is 5.43 Å². The first-order chi connectivity index (χ1) is 8.31. The van der Waals surface area contributed by atoms with Gasteiger partial charge in [0.1, 0.15) is 0 Å². The molecule has 0 aliphatic heterocycles. The van der Waals surface area contributed by atoms with Gasteiger partial charge in [0, 0.05) is 18.2 Å². The second kappa shape index (κ2) is 5.80. The molecular formula is C13H16N2OS. The Hall–Kier alpha value is -1.39. The SMILES string of the molecule is CNNC(=O)CCCc1csc2ccccc12. The van der Waals surface area contributed by atoms with Crippen molar-refractivity contribution in [1.29, 1.82) is 0 Å². The quantitative estimate of drug-likeness (QED) is 0.798. The van der Waals surface area contributed by atoms with E-state index in [1.165, 1.54) is 15.6 Å². The number of nitrogens with one attached hydrogen (secondary N) is 2. The minimum absolute atomic E-state index is 0.0482. The molecule has 0 atom stereocenters. The summed E-state index contributed by atoms with van der Waals surface area (Å²) in [6.45, 7) is 0. The number of aryl methyl sites for hydroxylation is 1. The number of fused-ring (bicyclic) bond motifs is 1. The van der Waals surface area contributed by atoms with Crippen LogP contribution in [0.2, 0.25) is 0 Å². The highest BCUT2D eigenvalue weighted by molar-refractivity contribution is 7.17. The summed E-state index contributed by atoms with van der Waals surface area (Å²) < 4.78 is 1.32. The second-order valence-electron chi connectivity index (χ2n) is 3.91. The molecule has 0 saturated heterocycles. The molecule has 0 bridgehead atoms. The van der Waals surface area contributed by atoms with Crippen LogP contribution in [0.4, 0.5) is 0 Å². The third-order valence-corrected chi connectivity index (χ3v) is 3.69. The number of hydrazine groups is 1. The van der Waals surface area contributed by atoms with E-state index in [4.69, 9.17) is 0 Å². The smallest absolute Gasteiger partial charge is 0.234 e. The molecule has 0 spiro atoms. The lowest BCUT2D eigenvalue weighted by Gasteiger charge is -2.02. The number of carbonyl (C=O) groups is 1. The van der Waals surface area contributed by atoms with Crippen LogP contribution in [0.1, 0.15) is 18.4 Å². The molecule has 0 unspecified atom stereocenters. The first-order valence-corrected chi connectivity index (χ1v) is 6.60. The molecule has 17 heavy (non-hydrogen) atoms. The van der Waals surface area contributed by atoms with Gasteiger partial charge in [-0.05, 0) is 35.2 Å². The van der Waals surface area contributed by atoms with Crippen molar-refractivity contribution in [3.05, 3.63) is 35.2 Å². The number of amides is 1. The summed E-state index contributed by atoms with van der Waals surface area (Å²) in [5.74, 6) is 0.0482. The molecule has 2 aromatic rings. The summed E-state index contributed by atoms with van der Waals surface area (Å²) in [6, 6.07) is 8.40. The van der Waals surface area contributed by atoms with Crippen LogP contribution in [-0.2, 0) is 11.2 Å². The third-order valence-electron chi connectivity index (χ3n) is 2.68. The zero-order valence-corrected chi connectivity index (χ0v) is 10.6. The van der Waals surface area contributed by atoms with E-state index >= 15 is 0 Å². The zero-order valence-electron chi connectivity index (χ0n) is 9.82. The maximum atomic E-state index is 11.3. The Morgan fingerprint density at radius 3 is 3.00 bits per heavy atom. The number of hydrogen-bond donors (Lipinski definition) is 2. The fourth-order valence-corrected chi connectivity index (χ4v) is 2.86. The van der Waals surface area contributed by atoms with Crippen LogP contribution >= 0.6 is 11.3 Å². The Labute approximate surface area is 105 Å². The zero-order chi connectivity index (χ0) is 12.1. The number of carbonyl (C=O) groups excluding carboxylic acids is 1. The molecule has 4 heteroatoms. The van der Waals surface area contributed by atoms with Gasteiger partial charge in [-0.3, -0.25) is 10.2 Å². The van der Waals surface area contributed by atoms with Crippen LogP contribution in [0.5, 0.6) is 0 Å². The van der Waals surface area contributed by atoms with E-state index in [0.29, 0.717) is 6.42 Å². The van der Waals surface area contributed by atoms with Gasteiger partial charge in [0.2, 0.25) is 5.91 Å². The van der Waals surface area contributed by atoms with Gasteiger partial charge >= 0.3 is 0 Å². The largest absolute Gasteiger partial charge is 0.292 e. The maximum Gasteiger partial charge on any atom is 0.234 e. The summed E-state index contributed by atoms with van der Waals surface area (Å²) in [5, 5.41) is 3.52. The van der Waals surface area contributed by atoms with Crippen LogP contribution in [0, 0.1) is 0 Å². The highest BCUT2D eigenvalue weighted by Crippen LogP contribution is 2.26. The van der Waals surface area contributed by atoms with Crippen molar-refractivity contribution in [2.45, 2.75) is 19.3 Å². The van der Waals surface area contributed by atoms with Gasteiger partial charge in [0.25, 0.3) is 0 Å². The molecule has 1 heterocycles. The van der Waals surface area contributed by atoms with Gasteiger partial charge in [-0.15, -0.1) is 11.3 Å². The van der Waals surface area contributed by atoms with Gasteiger partial charge in [0.05, 0.1) is 0 Å². The molecule has 0 fully saturated rings. The van der Waals surface area contributed by atoms with E-state index in [1.807, 2.05) is 0 Å². The number of benzene rings is 1. The molecular weight excluding hydrogens is 232 g/mol. The van der Waals surface area contributed by atoms with Gasteiger partial charge in [-0.1, -0.05) is 18.2 Å². The van der Waals surface area contributed by atoms with Crippen molar-refractivity contribution < 1.29 is 4.79 Å². The van der Waals surface area contributed by atoms with Crippen molar-refractivity contribution >= 4 is 27.3 Å². The van der Waals surface area contributed by atoms with Gasteiger partial charge in [-0.2, -0.15) is 0 Å². The minimum Gasteiger partial charge on any atom is -0.292 e. The van der Waals surface area contributed by atoms with E-state index in [1.54, 1.807) is 18.4 Å². The Morgan fingerprint density at radius 1 is 1.35 bits per heavy atom. The summed E-state index contributed by atoms with van der Waals surface area (Å²) in [5.41, 5.74) is 6.57. The monoisotopic (exact) mass is 248 g/mol. The Morgan fingerprint density at radius 2 is 2.18 bits per heavy atom. The van der Waals surface area contributed by atoms with Crippen LogP contribution in [-0.4, -0.2) is 13.0 Å². The topological polar surface area (TPSA) is 41.1 Å². The number of rotatable bonds is 5. The normalized spacial score (nSPS) is 10.6. The van der Waals surface area contributed by atoms with E-state index < -0.39 is 0 Å². The molecule has 0 radical (unpaired) electrons. The molecule has 2 rings (SSSR count). The van der Waals surface area contributed by atoms with Crippen molar-refractivity contribution in [3.8, 4) is 0 Å². The highest BCUT2D eigenvalue weighted by Gasteiger charge is 2.04. The Kier molecular flexibility index (Phi) is 4.12. The van der Waals surface area contributed by atoms with Crippen molar-refractivity contribution in [2.24, 2.45) is 0 Å². The molecule has 0 aliphatic rings. The van der Waals surface area contributed by atoms with Crippen molar-refractivity contribution in [1.82, 2.24) is 10.9 Å². The summed E-state index contributed by atoms with van der Waals surface area (Å²) in [6.07, 6.45) is 2.40. The fourth-order valence-electron chi connectivity index (χ4n) is 1.87. The lowest BCUT2D eigenvalue weighted by Crippen LogP contribution is -2.33. The highest BCUT2D eigenvalue weighted by atomic mass is 32.1. The maximum absolute atomic E-state index is 11.3. The van der Waals surface area contributed by atoms with E-state index in [0.717, 1.165) is 12.8 Å². The molecule has 90 valence electrons. The van der Waals surface area contributed by atoms with Crippen molar-refractivity contribution in [3.63, 3.8) is 0 Å². The molecule has 1 amide bonds. The molecule has 0 aliphatic carbocycles. The van der Waals surface area contributed by atoms with Crippen LogP contribution in [0.15, 0.2) is 29.6 Å². The fraction of sp³-hybridized carbons (Fsp3) is 0.308. The summed E-state index contributed by atoms with van der Waals surface area (Å²) in [4.78, 5) is 11.3. The van der Waals surface area contributed by atoms with Crippen LogP contribution in [0.3, 0.4) is 0 Å². The van der Waals surface area contributed by atoms with E-state index in [2.05, 4.69) is 40.5 Å². The molecule has 1 aromatic heterocycles. The molecule has 1 aromatic carbocycles. The average Bonchev–Trinajstić information content (AvgIpc) is 2.73. The number of thiophene rings is 1. The predicted molar refractivity (Wildman–Crippen MR) is 72.0 cm³/mol. The first-order valence-electron chi connectivity index (χ1n) is 5.72. The Bertz CT molecular complexity index is 507. The van der Waals surface area contributed by atoms with Crippen molar-refractivity contribution in [2.75, 3.05) is 7.05 Å². The molecule has 2 N–H and O–H groups in total. The molecule has 3 nitrogen and oxygen atoms in total. The van der Waals surface area contributed by atoms with Gasteiger partial charge in [0.15, 0.2) is 0 Å². The van der Waals surface area contributed by atoms with E-state index in [-0.39, 0.29) is 5.91 Å². The predicted octanol–water partition coefficient (Wildman–Crippen LogP) is 2.47. The van der Waals surface area contributed by atoms with Crippen LogP contribution in [0.25, 0.3) is 10.1 Å². The van der Waals surface area contributed by atoms with Crippen LogP contribution < -0.4 is 10.9 Å². The van der Waals surface area contributed by atoms with E-state index in [9.17, 15) is 4.79 Å². The summed E-state index contributed by atoms with van der Waals surface area (Å²) in [7, 11) is 1.70. The lowest BCUT2D eigenvalue weighted by molar-refractivity contribution is -0.122. The second-order valence-corrected chi connectivity index (χ2v) is 4.82. The minimum atomic E-state index is 0.0482. The lowest BCUT2D eigenvalue weighted by atomic mass is 10.1. The average molecular weight is 248 g/mol.